The molecule has 1 aromatic carbocycles. The first-order chi connectivity index (χ1) is 9.15. The maximum atomic E-state index is 4.38. The van der Waals surface area contributed by atoms with Crippen LogP contribution in [0.2, 0.25) is 0 Å². The number of aromatic nitrogens is 2. The Balaban J connectivity index is 2.10. The van der Waals surface area contributed by atoms with E-state index in [1.165, 1.54) is 10.4 Å². The molecule has 0 amide bonds. The first-order valence-electron chi connectivity index (χ1n) is 5.88. The van der Waals surface area contributed by atoms with Crippen LogP contribution < -0.4 is 5.32 Å². The molecular formula is C14H12BrN3S. The Morgan fingerprint density at radius 3 is 2.84 bits per heavy atom. The number of aryl methyl sites for hydroxylation is 2. The smallest absolute Gasteiger partial charge is 0.142 e. The van der Waals surface area contributed by atoms with Gasteiger partial charge in [-0.15, -0.1) is 11.3 Å². The Morgan fingerprint density at radius 1 is 1.21 bits per heavy atom. The highest BCUT2D eigenvalue weighted by atomic mass is 79.9. The summed E-state index contributed by atoms with van der Waals surface area (Å²) >= 11 is 5.18. The van der Waals surface area contributed by atoms with Gasteiger partial charge in [0.1, 0.15) is 17.0 Å². The Kier molecular flexibility index (Phi) is 3.24. The highest BCUT2D eigenvalue weighted by Gasteiger charge is 2.11. The van der Waals surface area contributed by atoms with E-state index in [1.54, 1.807) is 17.7 Å². The number of rotatable bonds is 2. The number of hydrogen-bond acceptors (Lipinski definition) is 4. The lowest BCUT2D eigenvalue weighted by Gasteiger charge is -2.07. The van der Waals surface area contributed by atoms with Crippen LogP contribution in [0.3, 0.4) is 0 Å². The van der Waals surface area contributed by atoms with E-state index >= 15 is 0 Å². The quantitative estimate of drug-likeness (QED) is 0.730. The van der Waals surface area contributed by atoms with Crippen LogP contribution in [0.15, 0.2) is 35.1 Å². The average Bonchev–Trinajstić information content (AvgIpc) is 2.66. The van der Waals surface area contributed by atoms with E-state index in [-0.39, 0.29) is 0 Å². The molecule has 0 unspecified atom stereocenters. The summed E-state index contributed by atoms with van der Waals surface area (Å²) in [6.45, 7) is 4.23. The number of nitrogens with one attached hydrogen (secondary N) is 1. The van der Waals surface area contributed by atoms with Crippen LogP contribution in [-0.2, 0) is 0 Å². The molecule has 2 heterocycles. The van der Waals surface area contributed by atoms with Crippen LogP contribution in [0, 0.1) is 13.8 Å². The van der Waals surface area contributed by atoms with Gasteiger partial charge >= 0.3 is 0 Å². The van der Waals surface area contributed by atoms with Crippen molar-refractivity contribution >= 4 is 49.0 Å². The lowest BCUT2D eigenvalue weighted by atomic mass is 10.2. The van der Waals surface area contributed by atoms with Gasteiger partial charge in [0.25, 0.3) is 0 Å². The van der Waals surface area contributed by atoms with Gasteiger partial charge in [-0.1, -0.05) is 22.0 Å². The van der Waals surface area contributed by atoms with E-state index in [2.05, 4.69) is 45.1 Å². The first kappa shape index (κ1) is 12.6. The second-order valence-corrected chi connectivity index (χ2v) is 6.44. The van der Waals surface area contributed by atoms with Crippen molar-refractivity contribution in [1.82, 2.24) is 9.97 Å². The monoisotopic (exact) mass is 333 g/mol. The van der Waals surface area contributed by atoms with Gasteiger partial charge in [0, 0.05) is 15.0 Å². The van der Waals surface area contributed by atoms with Crippen LogP contribution in [-0.4, -0.2) is 9.97 Å². The molecule has 0 radical (unpaired) electrons. The van der Waals surface area contributed by atoms with E-state index in [0.29, 0.717) is 0 Å². The second kappa shape index (κ2) is 4.90. The van der Waals surface area contributed by atoms with Crippen LogP contribution in [0.1, 0.15) is 10.4 Å². The predicted octanol–water partition coefficient (Wildman–Crippen LogP) is 4.81. The third kappa shape index (κ3) is 2.35. The Morgan fingerprint density at radius 2 is 2.05 bits per heavy atom. The normalized spacial score (nSPS) is 10.9. The molecule has 0 saturated carbocycles. The van der Waals surface area contributed by atoms with E-state index in [0.717, 1.165) is 26.2 Å². The summed E-state index contributed by atoms with van der Waals surface area (Å²) in [6, 6.07) is 8.05. The number of hydrogen-bond donors (Lipinski definition) is 1. The minimum absolute atomic E-state index is 0.866. The highest BCUT2D eigenvalue weighted by Crippen LogP contribution is 2.33. The predicted molar refractivity (Wildman–Crippen MR) is 84.3 cm³/mol. The largest absolute Gasteiger partial charge is 0.340 e. The van der Waals surface area contributed by atoms with E-state index in [1.807, 2.05) is 24.3 Å². The van der Waals surface area contributed by atoms with Crippen molar-refractivity contribution in [3.63, 3.8) is 0 Å². The van der Waals surface area contributed by atoms with Crippen molar-refractivity contribution in [2.45, 2.75) is 13.8 Å². The van der Waals surface area contributed by atoms with Gasteiger partial charge in [-0.3, -0.25) is 0 Å². The summed E-state index contributed by atoms with van der Waals surface area (Å²) in [7, 11) is 0. The molecule has 0 aliphatic carbocycles. The van der Waals surface area contributed by atoms with E-state index < -0.39 is 0 Å². The molecule has 0 saturated heterocycles. The summed E-state index contributed by atoms with van der Waals surface area (Å²) in [5, 5.41) is 4.48. The summed E-state index contributed by atoms with van der Waals surface area (Å²) < 4.78 is 1.04. The van der Waals surface area contributed by atoms with Crippen molar-refractivity contribution in [3.05, 3.63) is 45.5 Å². The third-order valence-corrected chi connectivity index (χ3v) is 4.66. The zero-order valence-corrected chi connectivity index (χ0v) is 13.0. The maximum Gasteiger partial charge on any atom is 0.142 e. The van der Waals surface area contributed by atoms with Crippen molar-refractivity contribution in [2.24, 2.45) is 0 Å². The van der Waals surface area contributed by atoms with E-state index in [4.69, 9.17) is 0 Å². The first-order valence-corrected chi connectivity index (χ1v) is 7.49. The van der Waals surface area contributed by atoms with Gasteiger partial charge in [-0.2, -0.15) is 0 Å². The molecule has 0 bridgehead atoms. The molecular weight excluding hydrogens is 322 g/mol. The van der Waals surface area contributed by atoms with Crippen LogP contribution in [0.25, 0.3) is 10.2 Å². The lowest BCUT2D eigenvalue weighted by molar-refractivity contribution is 1.22. The van der Waals surface area contributed by atoms with Gasteiger partial charge in [-0.25, -0.2) is 9.97 Å². The number of halogens is 1. The highest BCUT2D eigenvalue weighted by molar-refractivity contribution is 9.10. The summed E-state index contributed by atoms with van der Waals surface area (Å²) in [5.74, 6) is 0.866. The van der Waals surface area contributed by atoms with Crippen molar-refractivity contribution < 1.29 is 0 Å². The molecule has 0 aliphatic rings. The lowest BCUT2D eigenvalue weighted by Crippen LogP contribution is -1.95. The average molecular weight is 334 g/mol. The van der Waals surface area contributed by atoms with E-state index in [9.17, 15) is 0 Å². The molecule has 19 heavy (non-hydrogen) atoms. The molecule has 0 atom stereocenters. The van der Waals surface area contributed by atoms with Crippen LogP contribution >= 0.6 is 27.3 Å². The number of thiophene rings is 1. The van der Waals surface area contributed by atoms with Crippen molar-refractivity contribution in [3.8, 4) is 0 Å². The molecule has 0 fully saturated rings. The Hall–Kier alpha value is -1.46. The molecule has 3 rings (SSSR count). The number of benzene rings is 1. The fourth-order valence-electron chi connectivity index (χ4n) is 1.98. The molecule has 0 aliphatic heterocycles. The number of fused-ring (bicyclic) bond motifs is 1. The zero-order valence-electron chi connectivity index (χ0n) is 10.6. The Bertz CT molecular complexity index is 752. The second-order valence-electron chi connectivity index (χ2n) is 4.32. The molecule has 3 aromatic rings. The van der Waals surface area contributed by atoms with Gasteiger partial charge in [0.15, 0.2) is 0 Å². The summed E-state index contributed by atoms with van der Waals surface area (Å²) in [5.41, 5.74) is 2.26. The molecule has 1 N–H and O–H groups in total. The fourth-order valence-corrected chi connectivity index (χ4v) is 3.38. The zero-order chi connectivity index (χ0) is 13.4. The van der Waals surface area contributed by atoms with Gasteiger partial charge in [0.05, 0.1) is 5.39 Å². The summed E-state index contributed by atoms with van der Waals surface area (Å²) in [6.07, 6.45) is 1.61. The van der Waals surface area contributed by atoms with Crippen LogP contribution in [0.4, 0.5) is 11.5 Å². The van der Waals surface area contributed by atoms with Gasteiger partial charge in [-0.05, 0) is 37.6 Å². The van der Waals surface area contributed by atoms with Crippen molar-refractivity contribution in [2.75, 3.05) is 5.32 Å². The molecule has 0 spiro atoms. The minimum atomic E-state index is 0.866. The minimum Gasteiger partial charge on any atom is -0.340 e. The van der Waals surface area contributed by atoms with Crippen LogP contribution in [0.5, 0.6) is 0 Å². The fraction of sp³-hybridized carbons (Fsp3) is 0.143. The van der Waals surface area contributed by atoms with Gasteiger partial charge in [0.2, 0.25) is 0 Å². The number of nitrogens with zero attached hydrogens (tertiary/aromatic N) is 2. The topological polar surface area (TPSA) is 37.8 Å². The number of anilines is 2. The molecule has 2 aromatic heterocycles. The molecule has 5 heteroatoms. The SMILES string of the molecule is Cc1sc2ncnc(Nc3cccc(Br)c3)c2c1C. The summed E-state index contributed by atoms with van der Waals surface area (Å²) in [4.78, 5) is 11.0. The molecule has 3 nitrogen and oxygen atoms in total. The maximum absolute atomic E-state index is 4.38. The van der Waals surface area contributed by atoms with Gasteiger partial charge < -0.3 is 5.32 Å². The Labute approximate surface area is 123 Å². The van der Waals surface area contributed by atoms with Crippen molar-refractivity contribution in [1.29, 1.82) is 0 Å². The third-order valence-electron chi connectivity index (χ3n) is 3.05. The molecule has 96 valence electrons. The standard InChI is InChI=1S/C14H12BrN3S/c1-8-9(2)19-14-12(8)13(16-7-17-14)18-11-5-3-4-10(15)6-11/h3-7H,1-2H3,(H,16,17,18).